The third-order valence-electron chi connectivity index (χ3n) is 3.27. The maximum Gasteiger partial charge on any atom is 0.0843 e. The van der Waals surface area contributed by atoms with Crippen LogP contribution in [-0.4, -0.2) is 6.54 Å². The molecule has 0 bridgehead atoms. The van der Waals surface area contributed by atoms with Crippen molar-refractivity contribution < 1.29 is 0 Å². The Morgan fingerprint density at radius 1 is 1.15 bits per heavy atom. The minimum Gasteiger partial charge on any atom is -0.306 e. The second-order valence-electron chi connectivity index (χ2n) is 4.75. The number of nitrogens with one attached hydrogen (secondary N) is 1. The number of hydrogen-bond donors (Lipinski definition) is 1. The monoisotopic (exact) mass is 415 g/mol. The fourth-order valence-corrected chi connectivity index (χ4v) is 4.32. The van der Waals surface area contributed by atoms with Gasteiger partial charge in [-0.2, -0.15) is 0 Å². The standard InChI is InChI=1S/C16H19Br2NS/c1-3-9-19-15(14-10-13(17)16(18)20-14)12-7-5-11(4-2)6-8-12/h5-8,10,15,19H,3-4,9H2,1-2H3. The van der Waals surface area contributed by atoms with E-state index in [1.807, 2.05) is 0 Å². The predicted molar refractivity (Wildman–Crippen MR) is 95.7 cm³/mol. The summed E-state index contributed by atoms with van der Waals surface area (Å²) in [4.78, 5) is 1.33. The van der Waals surface area contributed by atoms with Gasteiger partial charge in [0.1, 0.15) is 0 Å². The second-order valence-corrected chi connectivity index (χ2v) is 8.01. The first-order valence-corrected chi connectivity index (χ1v) is 9.32. The van der Waals surface area contributed by atoms with E-state index in [4.69, 9.17) is 0 Å². The lowest BCUT2D eigenvalue weighted by Crippen LogP contribution is -2.22. The Labute approximate surface area is 142 Å². The van der Waals surface area contributed by atoms with Crippen molar-refractivity contribution >= 4 is 43.2 Å². The molecule has 0 fully saturated rings. The van der Waals surface area contributed by atoms with Crippen molar-refractivity contribution in [3.63, 3.8) is 0 Å². The van der Waals surface area contributed by atoms with Gasteiger partial charge in [0.2, 0.25) is 0 Å². The van der Waals surface area contributed by atoms with E-state index in [1.165, 1.54) is 16.0 Å². The molecule has 0 saturated heterocycles. The molecule has 2 aromatic rings. The van der Waals surface area contributed by atoms with Crippen LogP contribution in [0.2, 0.25) is 0 Å². The summed E-state index contributed by atoms with van der Waals surface area (Å²) in [5.74, 6) is 0. The number of benzene rings is 1. The average molecular weight is 417 g/mol. The van der Waals surface area contributed by atoms with Crippen LogP contribution in [0.3, 0.4) is 0 Å². The number of hydrogen-bond acceptors (Lipinski definition) is 2. The van der Waals surface area contributed by atoms with E-state index in [0.29, 0.717) is 0 Å². The molecule has 1 heterocycles. The van der Waals surface area contributed by atoms with Gasteiger partial charge in [-0.25, -0.2) is 0 Å². The van der Waals surface area contributed by atoms with Crippen LogP contribution in [0.4, 0.5) is 0 Å². The molecule has 0 aliphatic heterocycles. The lowest BCUT2D eigenvalue weighted by molar-refractivity contribution is 0.605. The number of thiophene rings is 1. The zero-order valence-corrected chi connectivity index (χ0v) is 15.7. The molecule has 1 atom stereocenters. The van der Waals surface area contributed by atoms with Crippen LogP contribution >= 0.6 is 43.2 Å². The van der Waals surface area contributed by atoms with Gasteiger partial charge in [-0.3, -0.25) is 0 Å². The highest BCUT2D eigenvalue weighted by Crippen LogP contribution is 2.37. The van der Waals surface area contributed by atoms with Gasteiger partial charge in [0.25, 0.3) is 0 Å². The predicted octanol–water partition coefficient (Wildman–Crippen LogP) is 5.92. The Hall–Kier alpha value is -0.160. The zero-order chi connectivity index (χ0) is 14.5. The minimum atomic E-state index is 0.272. The van der Waals surface area contributed by atoms with E-state index >= 15 is 0 Å². The first-order chi connectivity index (χ1) is 9.65. The molecule has 0 amide bonds. The summed E-state index contributed by atoms with van der Waals surface area (Å²) in [5.41, 5.74) is 2.72. The summed E-state index contributed by atoms with van der Waals surface area (Å²) in [6, 6.07) is 11.4. The topological polar surface area (TPSA) is 12.0 Å². The highest BCUT2D eigenvalue weighted by atomic mass is 79.9. The molecule has 1 aromatic heterocycles. The Balaban J connectivity index is 2.30. The molecule has 2 rings (SSSR count). The largest absolute Gasteiger partial charge is 0.306 e. The number of aryl methyl sites for hydroxylation is 1. The van der Waals surface area contributed by atoms with Crippen molar-refractivity contribution in [3.05, 3.63) is 54.6 Å². The normalized spacial score (nSPS) is 12.6. The highest BCUT2D eigenvalue weighted by molar-refractivity contribution is 9.13. The molecular formula is C16H19Br2NS. The Morgan fingerprint density at radius 3 is 2.35 bits per heavy atom. The lowest BCUT2D eigenvalue weighted by atomic mass is 10.0. The van der Waals surface area contributed by atoms with E-state index in [9.17, 15) is 0 Å². The summed E-state index contributed by atoms with van der Waals surface area (Å²) >= 11 is 8.96. The molecule has 4 heteroatoms. The van der Waals surface area contributed by atoms with Crippen molar-refractivity contribution in [2.75, 3.05) is 6.54 Å². The Bertz CT molecular complexity index is 529. The van der Waals surface area contributed by atoms with Gasteiger partial charge in [0.05, 0.1) is 9.83 Å². The lowest BCUT2D eigenvalue weighted by Gasteiger charge is -2.18. The van der Waals surface area contributed by atoms with Crippen molar-refractivity contribution in [1.82, 2.24) is 5.32 Å². The van der Waals surface area contributed by atoms with Crippen LogP contribution in [0.5, 0.6) is 0 Å². The number of halogens is 2. The summed E-state index contributed by atoms with van der Waals surface area (Å²) < 4.78 is 2.28. The van der Waals surface area contributed by atoms with Crippen molar-refractivity contribution in [2.24, 2.45) is 0 Å². The molecule has 108 valence electrons. The third-order valence-corrected chi connectivity index (χ3v) is 6.59. The van der Waals surface area contributed by atoms with Gasteiger partial charge in [0, 0.05) is 9.35 Å². The van der Waals surface area contributed by atoms with Crippen molar-refractivity contribution in [2.45, 2.75) is 32.7 Å². The fourth-order valence-electron chi connectivity index (χ4n) is 2.12. The molecule has 20 heavy (non-hydrogen) atoms. The molecule has 0 saturated carbocycles. The van der Waals surface area contributed by atoms with Gasteiger partial charge in [-0.1, -0.05) is 38.1 Å². The minimum absolute atomic E-state index is 0.272. The van der Waals surface area contributed by atoms with Gasteiger partial charge >= 0.3 is 0 Å². The summed E-state index contributed by atoms with van der Waals surface area (Å²) in [5, 5.41) is 3.65. The molecule has 1 aromatic carbocycles. The Kier molecular flexibility index (Phi) is 6.27. The second kappa shape index (κ2) is 7.74. The maximum atomic E-state index is 3.65. The molecule has 0 aliphatic rings. The van der Waals surface area contributed by atoms with Crippen LogP contribution in [0.1, 0.15) is 42.3 Å². The van der Waals surface area contributed by atoms with Crippen molar-refractivity contribution in [3.8, 4) is 0 Å². The zero-order valence-electron chi connectivity index (χ0n) is 11.7. The Morgan fingerprint density at radius 2 is 1.85 bits per heavy atom. The molecular weight excluding hydrogens is 398 g/mol. The average Bonchev–Trinajstić information content (AvgIpc) is 2.79. The van der Waals surface area contributed by atoms with Gasteiger partial charge in [0.15, 0.2) is 0 Å². The van der Waals surface area contributed by atoms with E-state index < -0.39 is 0 Å². The summed E-state index contributed by atoms with van der Waals surface area (Å²) in [6.07, 6.45) is 2.22. The first-order valence-electron chi connectivity index (χ1n) is 6.92. The van der Waals surface area contributed by atoms with Gasteiger partial charge < -0.3 is 5.32 Å². The third kappa shape index (κ3) is 3.94. The van der Waals surface area contributed by atoms with E-state index in [2.05, 4.69) is 81.4 Å². The van der Waals surface area contributed by atoms with Crippen LogP contribution in [0.25, 0.3) is 0 Å². The molecule has 0 spiro atoms. The molecule has 0 radical (unpaired) electrons. The van der Waals surface area contributed by atoms with Crippen molar-refractivity contribution in [1.29, 1.82) is 0 Å². The van der Waals surface area contributed by atoms with E-state index in [-0.39, 0.29) is 6.04 Å². The molecule has 1 unspecified atom stereocenters. The van der Waals surface area contributed by atoms with Crippen LogP contribution in [0, 0.1) is 0 Å². The molecule has 1 N–H and O–H groups in total. The van der Waals surface area contributed by atoms with Crippen LogP contribution in [0.15, 0.2) is 38.6 Å². The van der Waals surface area contributed by atoms with E-state index in [0.717, 1.165) is 27.6 Å². The molecule has 1 nitrogen and oxygen atoms in total. The van der Waals surface area contributed by atoms with Gasteiger partial charge in [-0.05, 0) is 68.4 Å². The SMILES string of the molecule is CCCNC(c1ccc(CC)cc1)c1cc(Br)c(Br)s1. The van der Waals surface area contributed by atoms with E-state index in [1.54, 1.807) is 11.3 Å². The first kappa shape index (κ1) is 16.2. The van der Waals surface area contributed by atoms with Crippen LogP contribution in [-0.2, 0) is 6.42 Å². The highest BCUT2D eigenvalue weighted by Gasteiger charge is 2.17. The van der Waals surface area contributed by atoms with Crippen LogP contribution < -0.4 is 5.32 Å². The quantitative estimate of drug-likeness (QED) is 0.615. The fraction of sp³-hybridized carbons (Fsp3) is 0.375. The number of rotatable bonds is 6. The summed E-state index contributed by atoms with van der Waals surface area (Å²) in [7, 11) is 0. The van der Waals surface area contributed by atoms with Gasteiger partial charge in [-0.15, -0.1) is 11.3 Å². The summed E-state index contributed by atoms with van der Waals surface area (Å²) in [6.45, 7) is 5.41. The smallest absolute Gasteiger partial charge is 0.0843 e. The molecule has 0 aliphatic carbocycles. The maximum absolute atomic E-state index is 3.65.